The third kappa shape index (κ3) is 11.0. The van der Waals surface area contributed by atoms with Crippen LogP contribution >= 0.6 is 0 Å². The molecule has 0 spiro atoms. The monoisotopic (exact) mass is 254 g/mol. The first-order valence-electron chi connectivity index (χ1n) is 8.41. The average molecular weight is 254 g/mol. The van der Waals surface area contributed by atoms with E-state index in [0.717, 1.165) is 0 Å². The first-order chi connectivity index (χ1) is 9.00. The third-order valence-electron chi connectivity index (χ3n) is 3.91. The Kier molecular flexibility index (Phi) is 11.9. The van der Waals surface area contributed by atoms with Gasteiger partial charge in [0.1, 0.15) is 0 Å². The molecule has 0 atom stereocenters. The van der Waals surface area contributed by atoms with Crippen LogP contribution in [0.2, 0.25) is 0 Å². The highest BCUT2D eigenvalue weighted by Gasteiger charge is 1.95. The molecular weight excluding hydrogens is 220 g/mol. The molecule has 1 aliphatic rings. The first kappa shape index (κ1) is 16.0. The quantitative estimate of drug-likeness (QED) is 0.686. The summed E-state index contributed by atoms with van der Waals surface area (Å²) in [7, 11) is 0. The molecule has 2 heteroatoms. The zero-order valence-corrected chi connectivity index (χ0v) is 12.3. The summed E-state index contributed by atoms with van der Waals surface area (Å²) in [5, 5.41) is 7.15. The van der Waals surface area contributed by atoms with Crippen LogP contribution in [0.1, 0.15) is 77.0 Å². The highest BCUT2D eigenvalue weighted by atomic mass is 14.8. The fourth-order valence-electron chi connectivity index (χ4n) is 2.66. The van der Waals surface area contributed by atoms with Crippen LogP contribution in [0.3, 0.4) is 0 Å². The van der Waals surface area contributed by atoms with Gasteiger partial charge in [-0.3, -0.25) is 0 Å². The maximum absolute atomic E-state index is 3.57. The second kappa shape index (κ2) is 13.4. The van der Waals surface area contributed by atoms with Crippen molar-refractivity contribution < 1.29 is 0 Å². The van der Waals surface area contributed by atoms with Crippen molar-refractivity contribution in [1.29, 1.82) is 0 Å². The molecule has 1 saturated heterocycles. The molecule has 0 radical (unpaired) electrons. The van der Waals surface area contributed by atoms with Gasteiger partial charge >= 0.3 is 0 Å². The summed E-state index contributed by atoms with van der Waals surface area (Å²) in [5.41, 5.74) is 0. The zero-order chi connectivity index (χ0) is 12.7. The molecule has 0 aromatic rings. The molecule has 1 fully saturated rings. The lowest BCUT2D eigenvalue weighted by molar-refractivity contribution is 0.515. The minimum absolute atomic E-state index is 1.23. The summed E-state index contributed by atoms with van der Waals surface area (Å²) in [6.07, 6.45) is 16.9. The smallest absolute Gasteiger partial charge is 0.00489 e. The molecule has 2 N–H and O–H groups in total. The van der Waals surface area contributed by atoms with Gasteiger partial charge in [-0.2, -0.15) is 0 Å². The molecule has 1 aliphatic heterocycles. The fraction of sp³-hybridized carbons (Fsp3) is 1.00. The predicted molar refractivity (Wildman–Crippen MR) is 81.1 cm³/mol. The molecule has 0 bridgehead atoms. The first-order valence-corrected chi connectivity index (χ1v) is 8.41. The second-order valence-electron chi connectivity index (χ2n) is 5.74. The van der Waals surface area contributed by atoms with Crippen molar-refractivity contribution in [3.8, 4) is 0 Å². The molecular formula is C16H34N2. The van der Waals surface area contributed by atoms with Crippen LogP contribution in [0.4, 0.5) is 0 Å². The Balaban J connectivity index is 2.00. The van der Waals surface area contributed by atoms with Gasteiger partial charge in [0.15, 0.2) is 0 Å². The lowest BCUT2D eigenvalue weighted by Gasteiger charge is -2.07. The van der Waals surface area contributed by atoms with E-state index < -0.39 is 0 Å². The summed E-state index contributed by atoms with van der Waals surface area (Å²) in [6, 6.07) is 0. The Morgan fingerprint density at radius 2 is 0.500 bits per heavy atom. The van der Waals surface area contributed by atoms with Crippen molar-refractivity contribution in [2.45, 2.75) is 77.0 Å². The predicted octanol–water partition coefficient (Wildman–Crippen LogP) is 3.86. The van der Waals surface area contributed by atoms with E-state index in [1.165, 1.54) is 103 Å². The van der Waals surface area contributed by atoms with Gasteiger partial charge in [-0.15, -0.1) is 0 Å². The van der Waals surface area contributed by atoms with E-state index in [2.05, 4.69) is 10.6 Å². The molecule has 0 aromatic heterocycles. The SMILES string of the molecule is C1CCCCCNCCCCCCNCCCC1. The van der Waals surface area contributed by atoms with Crippen molar-refractivity contribution in [3.63, 3.8) is 0 Å². The van der Waals surface area contributed by atoms with Crippen LogP contribution in [0, 0.1) is 0 Å². The highest BCUT2D eigenvalue weighted by molar-refractivity contribution is 4.55. The molecule has 0 saturated carbocycles. The van der Waals surface area contributed by atoms with Gasteiger partial charge in [0.05, 0.1) is 0 Å². The molecule has 0 amide bonds. The fourth-order valence-corrected chi connectivity index (χ4v) is 2.66. The highest BCUT2D eigenvalue weighted by Crippen LogP contribution is 2.08. The Morgan fingerprint density at radius 1 is 0.278 bits per heavy atom. The topological polar surface area (TPSA) is 24.1 Å². The van der Waals surface area contributed by atoms with Gasteiger partial charge in [0.25, 0.3) is 0 Å². The number of hydrogen-bond donors (Lipinski definition) is 2. The molecule has 1 rings (SSSR count). The van der Waals surface area contributed by atoms with Crippen molar-refractivity contribution in [3.05, 3.63) is 0 Å². The van der Waals surface area contributed by atoms with Gasteiger partial charge in [-0.1, -0.05) is 51.4 Å². The number of rotatable bonds is 0. The third-order valence-corrected chi connectivity index (χ3v) is 3.91. The van der Waals surface area contributed by atoms with Crippen LogP contribution in [-0.4, -0.2) is 26.2 Å². The lowest BCUT2D eigenvalue weighted by atomic mass is 10.1. The van der Waals surface area contributed by atoms with E-state index in [1.54, 1.807) is 0 Å². The van der Waals surface area contributed by atoms with Gasteiger partial charge in [-0.05, 0) is 51.9 Å². The molecule has 108 valence electrons. The largest absolute Gasteiger partial charge is 0.317 e. The van der Waals surface area contributed by atoms with E-state index >= 15 is 0 Å². The van der Waals surface area contributed by atoms with Crippen LogP contribution in [0.15, 0.2) is 0 Å². The summed E-state index contributed by atoms with van der Waals surface area (Å²) >= 11 is 0. The van der Waals surface area contributed by atoms with Crippen LogP contribution < -0.4 is 10.6 Å². The van der Waals surface area contributed by atoms with E-state index in [-0.39, 0.29) is 0 Å². The number of hydrogen-bond acceptors (Lipinski definition) is 2. The lowest BCUT2D eigenvalue weighted by Crippen LogP contribution is -2.18. The Hall–Kier alpha value is -0.0800. The number of nitrogens with one attached hydrogen (secondary N) is 2. The summed E-state index contributed by atoms with van der Waals surface area (Å²) < 4.78 is 0. The normalized spacial score (nSPS) is 24.0. The molecule has 2 nitrogen and oxygen atoms in total. The van der Waals surface area contributed by atoms with Crippen molar-refractivity contribution in [2.75, 3.05) is 26.2 Å². The Labute approximate surface area is 114 Å². The van der Waals surface area contributed by atoms with E-state index in [9.17, 15) is 0 Å². The molecule has 0 unspecified atom stereocenters. The maximum atomic E-state index is 3.57. The minimum atomic E-state index is 1.23. The van der Waals surface area contributed by atoms with Crippen molar-refractivity contribution >= 4 is 0 Å². The van der Waals surface area contributed by atoms with Gasteiger partial charge in [0.2, 0.25) is 0 Å². The van der Waals surface area contributed by atoms with Gasteiger partial charge < -0.3 is 10.6 Å². The van der Waals surface area contributed by atoms with Gasteiger partial charge in [0, 0.05) is 0 Å². The molecule has 18 heavy (non-hydrogen) atoms. The molecule has 1 heterocycles. The minimum Gasteiger partial charge on any atom is -0.317 e. The molecule has 0 aliphatic carbocycles. The zero-order valence-electron chi connectivity index (χ0n) is 12.3. The Bertz CT molecular complexity index is 84.1. The molecule has 0 aromatic carbocycles. The van der Waals surface area contributed by atoms with Crippen LogP contribution in [-0.2, 0) is 0 Å². The summed E-state index contributed by atoms with van der Waals surface area (Å²) in [4.78, 5) is 0. The average Bonchev–Trinajstić information content (AvgIpc) is 2.39. The van der Waals surface area contributed by atoms with Gasteiger partial charge in [-0.25, -0.2) is 0 Å². The van der Waals surface area contributed by atoms with E-state index in [1.807, 2.05) is 0 Å². The van der Waals surface area contributed by atoms with Crippen LogP contribution in [0.5, 0.6) is 0 Å². The van der Waals surface area contributed by atoms with Crippen LogP contribution in [0.25, 0.3) is 0 Å². The van der Waals surface area contributed by atoms with E-state index in [0.29, 0.717) is 0 Å². The van der Waals surface area contributed by atoms with E-state index in [4.69, 9.17) is 0 Å². The standard InChI is InChI=1S/C16H34N2/c1-2-4-6-10-14-18-16-12-8-7-11-15-17-13-9-5-3-1/h17-18H,1-16H2. The summed E-state index contributed by atoms with van der Waals surface area (Å²) in [5.74, 6) is 0. The maximum Gasteiger partial charge on any atom is -0.00489 e. The second-order valence-corrected chi connectivity index (χ2v) is 5.74. The van der Waals surface area contributed by atoms with Crippen molar-refractivity contribution in [2.24, 2.45) is 0 Å². The van der Waals surface area contributed by atoms with Crippen molar-refractivity contribution in [1.82, 2.24) is 10.6 Å². The Morgan fingerprint density at radius 3 is 0.778 bits per heavy atom. The summed E-state index contributed by atoms with van der Waals surface area (Å²) in [6.45, 7) is 4.93.